The van der Waals surface area contributed by atoms with Gasteiger partial charge in [-0.15, -0.1) is 0 Å². The summed E-state index contributed by atoms with van der Waals surface area (Å²) in [5, 5.41) is 8.65. The zero-order valence-corrected chi connectivity index (χ0v) is 10.0. The summed E-state index contributed by atoms with van der Waals surface area (Å²) in [6, 6.07) is 1.53. The highest BCUT2D eigenvalue weighted by Crippen LogP contribution is 2.23. The third kappa shape index (κ3) is 3.80. The molecule has 3 N–H and O–H groups in total. The smallest absolute Gasteiger partial charge is 0.396 e. The van der Waals surface area contributed by atoms with Gasteiger partial charge in [0.1, 0.15) is 17.9 Å². The minimum absolute atomic E-state index is 0.0981. The summed E-state index contributed by atoms with van der Waals surface area (Å²) in [5.74, 6) is -4.29. The highest BCUT2D eigenvalue weighted by molar-refractivity contribution is 5.95. The Morgan fingerprint density at radius 2 is 1.90 bits per heavy atom. The van der Waals surface area contributed by atoms with E-state index in [2.05, 4.69) is 0 Å². The maximum Gasteiger partial charge on any atom is 0.406 e. The molecule has 0 aliphatic heterocycles. The molecule has 0 atom stereocenters. The van der Waals surface area contributed by atoms with E-state index in [0.29, 0.717) is 6.07 Å². The molecule has 0 aromatic heterocycles. The van der Waals surface area contributed by atoms with Gasteiger partial charge < -0.3 is 15.7 Å². The second-order valence-corrected chi connectivity index (χ2v) is 3.89. The van der Waals surface area contributed by atoms with E-state index < -0.39 is 54.7 Å². The highest BCUT2D eigenvalue weighted by atomic mass is 19.4. The van der Waals surface area contributed by atoms with Crippen LogP contribution in [0.25, 0.3) is 0 Å². The van der Waals surface area contributed by atoms with Gasteiger partial charge in [0, 0.05) is 6.54 Å². The van der Waals surface area contributed by atoms with Crippen LogP contribution in [-0.4, -0.2) is 41.8 Å². The topological polar surface area (TPSA) is 66.6 Å². The number of hydrogen-bond donors (Lipinski definition) is 2. The molecule has 0 saturated heterocycles. The Morgan fingerprint density at radius 1 is 1.30 bits per heavy atom. The predicted octanol–water partition coefficient (Wildman–Crippen LogP) is 1.54. The molecular formula is C11H11F5N2O2. The molecule has 20 heavy (non-hydrogen) atoms. The summed E-state index contributed by atoms with van der Waals surface area (Å²) in [6.45, 7) is -3.24. The van der Waals surface area contributed by atoms with Crippen LogP contribution in [0.15, 0.2) is 12.1 Å². The number of benzene rings is 1. The van der Waals surface area contributed by atoms with Crippen LogP contribution in [0.3, 0.4) is 0 Å². The van der Waals surface area contributed by atoms with E-state index in [1.54, 1.807) is 0 Å². The first-order valence-electron chi connectivity index (χ1n) is 5.37. The summed E-state index contributed by atoms with van der Waals surface area (Å²) in [5.41, 5.74) is 3.40. The van der Waals surface area contributed by atoms with Gasteiger partial charge >= 0.3 is 6.18 Å². The van der Waals surface area contributed by atoms with Crippen LogP contribution in [0, 0.1) is 11.6 Å². The second-order valence-electron chi connectivity index (χ2n) is 3.89. The number of aliphatic hydroxyl groups is 1. The molecule has 0 spiro atoms. The number of nitrogens with two attached hydrogens (primary N) is 1. The van der Waals surface area contributed by atoms with Crippen molar-refractivity contribution in [2.75, 3.05) is 25.4 Å². The van der Waals surface area contributed by atoms with Gasteiger partial charge in [-0.3, -0.25) is 4.79 Å². The van der Waals surface area contributed by atoms with Crippen molar-refractivity contribution in [3.05, 3.63) is 29.3 Å². The number of carbonyl (C=O) groups excluding carboxylic acids is 1. The van der Waals surface area contributed by atoms with Gasteiger partial charge in [-0.2, -0.15) is 13.2 Å². The molecule has 112 valence electrons. The van der Waals surface area contributed by atoms with Gasteiger partial charge in [0.05, 0.1) is 12.3 Å². The number of anilines is 1. The minimum Gasteiger partial charge on any atom is -0.396 e. The second kappa shape index (κ2) is 6.04. The molecule has 4 nitrogen and oxygen atoms in total. The molecule has 1 amide bonds. The molecule has 0 bridgehead atoms. The van der Waals surface area contributed by atoms with E-state index in [-0.39, 0.29) is 4.90 Å². The molecule has 0 unspecified atom stereocenters. The average molecular weight is 298 g/mol. The van der Waals surface area contributed by atoms with Crippen LogP contribution in [-0.2, 0) is 0 Å². The number of nitrogen functional groups attached to an aromatic ring is 1. The highest BCUT2D eigenvalue weighted by Gasteiger charge is 2.35. The number of aliphatic hydroxyl groups excluding tert-OH is 1. The third-order valence-corrected chi connectivity index (χ3v) is 2.36. The van der Waals surface area contributed by atoms with Gasteiger partial charge in [-0.25, -0.2) is 8.78 Å². The number of amides is 1. The summed E-state index contributed by atoms with van der Waals surface area (Å²) < 4.78 is 63.9. The molecule has 1 rings (SSSR count). The molecule has 9 heteroatoms. The summed E-state index contributed by atoms with van der Waals surface area (Å²) >= 11 is 0. The van der Waals surface area contributed by atoms with Crippen LogP contribution >= 0.6 is 0 Å². The minimum atomic E-state index is -4.77. The summed E-state index contributed by atoms with van der Waals surface area (Å²) in [6.07, 6.45) is -4.77. The zero-order chi connectivity index (χ0) is 15.5. The molecule has 0 saturated carbocycles. The normalized spacial score (nSPS) is 11.5. The summed E-state index contributed by atoms with van der Waals surface area (Å²) in [4.78, 5) is 11.9. The van der Waals surface area contributed by atoms with E-state index in [9.17, 15) is 26.7 Å². The van der Waals surface area contributed by atoms with Crippen LogP contribution in [0.2, 0.25) is 0 Å². The zero-order valence-electron chi connectivity index (χ0n) is 10.0. The number of nitrogens with zero attached hydrogens (tertiary/aromatic N) is 1. The molecule has 1 aromatic carbocycles. The number of rotatable bonds is 4. The van der Waals surface area contributed by atoms with E-state index in [0.717, 1.165) is 6.07 Å². The summed E-state index contributed by atoms with van der Waals surface area (Å²) in [7, 11) is 0. The first kappa shape index (κ1) is 16.2. The third-order valence-electron chi connectivity index (χ3n) is 2.36. The van der Waals surface area contributed by atoms with E-state index >= 15 is 0 Å². The Hall–Kier alpha value is -1.90. The van der Waals surface area contributed by atoms with Gasteiger partial charge in [-0.1, -0.05) is 0 Å². The lowest BCUT2D eigenvalue weighted by molar-refractivity contribution is -0.141. The Labute approximate surface area is 110 Å². The van der Waals surface area contributed by atoms with Crippen molar-refractivity contribution in [3.63, 3.8) is 0 Å². The van der Waals surface area contributed by atoms with Crippen molar-refractivity contribution < 1.29 is 31.9 Å². The Morgan fingerprint density at radius 3 is 2.40 bits per heavy atom. The fourth-order valence-electron chi connectivity index (χ4n) is 1.51. The lowest BCUT2D eigenvalue weighted by Crippen LogP contribution is -2.41. The van der Waals surface area contributed by atoms with E-state index in [1.807, 2.05) is 0 Å². The Kier molecular flexibility index (Phi) is 4.88. The first-order valence-corrected chi connectivity index (χ1v) is 5.37. The average Bonchev–Trinajstić information content (AvgIpc) is 2.32. The first-order chi connectivity index (χ1) is 9.17. The maximum atomic E-state index is 13.6. The van der Waals surface area contributed by atoms with Crippen molar-refractivity contribution in [2.24, 2.45) is 0 Å². The predicted molar refractivity (Wildman–Crippen MR) is 59.8 cm³/mol. The van der Waals surface area contributed by atoms with Crippen LogP contribution in [0.1, 0.15) is 10.4 Å². The van der Waals surface area contributed by atoms with Gasteiger partial charge in [0.2, 0.25) is 0 Å². The Balaban J connectivity index is 3.16. The van der Waals surface area contributed by atoms with Crippen molar-refractivity contribution in [2.45, 2.75) is 6.18 Å². The number of carbonyl (C=O) groups is 1. The molecule has 0 aliphatic rings. The van der Waals surface area contributed by atoms with Crippen molar-refractivity contribution in [1.82, 2.24) is 4.90 Å². The largest absolute Gasteiger partial charge is 0.406 e. The van der Waals surface area contributed by atoms with Crippen molar-refractivity contribution >= 4 is 11.6 Å². The maximum absolute atomic E-state index is 13.6. The van der Waals surface area contributed by atoms with Crippen LogP contribution in [0.5, 0.6) is 0 Å². The molecule has 0 fully saturated rings. The van der Waals surface area contributed by atoms with E-state index in [4.69, 9.17) is 10.8 Å². The molecule has 0 heterocycles. The van der Waals surface area contributed by atoms with Gasteiger partial charge in [0.25, 0.3) is 5.91 Å². The molecule has 0 radical (unpaired) electrons. The molecule has 0 aliphatic carbocycles. The van der Waals surface area contributed by atoms with Crippen molar-refractivity contribution in [3.8, 4) is 0 Å². The fraction of sp³-hybridized carbons (Fsp3) is 0.364. The molecule has 1 aromatic rings. The van der Waals surface area contributed by atoms with Gasteiger partial charge in [-0.05, 0) is 12.1 Å². The van der Waals surface area contributed by atoms with Crippen molar-refractivity contribution in [1.29, 1.82) is 0 Å². The number of hydrogen-bond acceptors (Lipinski definition) is 3. The van der Waals surface area contributed by atoms with Crippen LogP contribution < -0.4 is 5.73 Å². The fourth-order valence-corrected chi connectivity index (χ4v) is 1.51. The number of halogens is 5. The molecular weight excluding hydrogens is 287 g/mol. The van der Waals surface area contributed by atoms with Crippen LogP contribution in [0.4, 0.5) is 27.6 Å². The number of alkyl halides is 3. The van der Waals surface area contributed by atoms with E-state index in [1.165, 1.54) is 0 Å². The SMILES string of the molecule is Nc1ccc(F)c(C(=O)N(CCO)CC(F)(F)F)c1F. The standard InChI is InChI=1S/C11H11F5N2O2/c12-6-1-2-7(17)9(13)8(6)10(20)18(3-4-19)5-11(14,15)16/h1-2,19H,3-5,17H2. The lowest BCUT2D eigenvalue weighted by atomic mass is 10.1. The Bertz CT molecular complexity index is 504. The van der Waals surface area contributed by atoms with Gasteiger partial charge in [0.15, 0.2) is 5.82 Å². The monoisotopic (exact) mass is 298 g/mol. The lowest BCUT2D eigenvalue weighted by Gasteiger charge is -2.23. The quantitative estimate of drug-likeness (QED) is 0.654.